The number of nitrogens with zero attached hydrogens (tertiary/aromatic N) is 4. The summed E-state index contributed by atoms with van der Waals surface area (Å²) in [6, 6.07) is 8.22. The van der Waals surface area contributed by atoms with Gasteiger partial charge in [-0.05, 0) is 43.2 Å². The molecule has 1 atom stereocenters. The minimum absolute atomic E-state index is 0.0224. The topological polar surface area (TPSA) is 105 Å². The number of hydrogen-bond acceptors (Lipinski definition) is 7. The maximum Gasteiger partial charge on any atom is 0.303 e. The maximum atomic E-state index is 14.4. The molecule has 3 aromatic rings. The molecule has 0 aliphatic carbocycles. The average Bonchev–Trinajstić information content (AvgIpc) is 3.56. The van der Waals surface area contributed by atoms with Gasteiger partial charge in [-0.15, -0.1) is 0 Å². The monoisotopic (exact) mass is 545 g/mol. The number of pyridine rings is 1. The smallest absolute Gasteiger partial charge is 0.303 e. The Balaban J connectivity index is 1.44. The molecule has 1 amide bonds. The van der Waals surface area contributed by atoms with E-state index in [1.807, 2.05) is 6.07 Å². The number of hydrogen-bond donors (Lipinski definition) is 1. The van der Waals surface area contributed by atoms with Crippen molar-refractivity contribution in [3.8, 4) is 5.75 Å². The highest BCUT2D eigenvalue weighted by molar-refractivity contribution is 7.87. The lowest BCUT2D eigenvalue weighted by Gasteiger charge is -2.30. The van der Waals surface area contributed by atoms with Crippen LogP contribution in [0.15, 0.2) is 42.7 Å². The van der Waals surface area contributed by atoms with Crippen molar-refractivity contribution in [2.24, 2.45) is 0 Å². The lowest BCUT2D eigenvalue weighted by Crippen LogP contribution is -2.41. The lowest BCUT2D eigenvalue weighted by atomic mass is 10.0. The van der Waals surface area contributed by atoms with Crippen LogP contribution in [0.2, 0.25) is 0 Å². The standard InChI is InChI=1S/C26H32FN5O5S/c1-3-30(2)38(34,35)29-26(33)23-16-28-25-9-7-19(17-32(23)25)31-12-4-5-22(31)21-15-18(27)6-8-24(21)37-20-10-13-36-14-11-20/h6-9,15-17,20,22H,3-5,10-14H2,1-2H3,(H,29,33). The Bertz CT molecular complexity index is 1420. The van der Waals surface area contributed by atoms with E-state index in [0.717, 1.165) is 47.8 Å². The van der Waals surface area contributed by atoms with Gasteiger partial charge in [0, 0.05) is 44.7 Å². The fourth-order valence-electron chi connectivity index (χ4n) is 4.98. The van der Waals surface area contributed by atoms with E-state index in [9.17, 15) is 17.6 Å². The Labute approximate surface area is 221 Å². The van der Waals surface area contributed by atoms with Crippen LogP contribution in [0.4, 0.5) is 10.1 Å². The normalized spacial score (nSPS) is 18.8. The van der Waals surface area contributed by atoms with E-state index in [-0.39, 0.29) is 30.2 Å². The molecule has 2 aliphatic rings. The molecule has 2 saturated heterocycles. The van der Waals surface area contributed by atoms with Crippen molar-refractivity contribution >= 4 is 27.5 Å². The molecule has 2 aromatic heterocycles. The Morgan fingerprint density at radius 1 is 1.24 bits per heavy atom. The summed E-state index contributed by atoms with van der Waals surface area (Å²) in [4.78, 5) is 19.3. The number of imidazole rings is 1. The third kappa shape index (κ3) is 5.33. The summed E-state index contributed by atoms with van der Waals surface area (Å²) >= 11 is 0. The molecule has 204 valence electrons. The van der Waals surface area contributed by atoms with Gasteiger partial charge in [0.15, 0.2) is 0 Å². The fraction of sp³-hybridized carbons (Fsp3) is 0.462. The van der Waals surface area contributed by atoms with E-state index in [0.29, 0.717) is 24.6 Å². The first kappa shape index (κ1) is 26.4. The van der Waals surface area contributed by atoms with Crippen molar-refractivity contribution in [1.29, 1.82) is 0 Å². The molecule has 0 radical (unpaired) electrons. The maximum absolute atomic E-state index is 14.4. The number of fused-ring (bicyclic) bond motifs is 1. The Morgan fingerprint density at radius 3 is 2.79 bits per heavy atom. The van der Waals surface area contributed by atoms with Crippen LogP contribution >= 0.6 is 0 Å². The van der Waals surface area contributed by atoms with Gasteiger partial charge in [0.25, 0.3) is 5.91 Å². The number of aromatic nitrogens is 2. The predicted molar refractivity (Wildman–Crippen MR) is 140 cm³/mol. The minimum Gasteiger partial charge on any atom is -0.490 e. The molecule has 4 heterocycles. The fourth-order valence-corrected chi connectivity index (χ4v) is 5.82. The quantitative estimate of drug-likeness (QED) is 0.463. The summed E-state index contributed by atoms with van der Waals surface area (Å²) in [5.74, 6) is -0.428. The van der Waals surface area contributed by atoms with Crippen molar-refractivity contribution in [2.45, 2.75) is 44.8 Å². The SMILES string of the molecule is CCN(C)S(=O)(=O)NC(=O)c1cnc2ccc(N3CCCC3c3cc(F)ccc3OC3CCOCC3)cn12. The van der Waals surface area contributed by atoms with E-state index >= 15 is 0 Å². The second-order valence-electron chi connectivity index (χ2n) is 9.57. The largest absolute Gasteiger partial charge is 0.490 e. The molecular formula is C26H32FN5O5S. The lowest BCUT2D eigenvalue weighted by molar-refractivity contribution is 0.0250. The molecule has 12 heteroatoms. The van der Waals surface area contributed by atoms with Crippen LogP contribution in [0.25, 0.3) is 5.65 Å². The highest BCUT2D eigenvalue weighted by atomic mass is 32.2. The molecule has 1 unspecified atom stereocenters. The van der Waals surface area contributed by atoms with Crippen LogP contribution < -0.4 is 14.4 Å². The van der Waals surface area contributed by atoms with Gasteiger partial charge in [-0.3, -0.25) is 9.20 Å². The molecule has 0 spiro atoms. The zero-order valence-electron chi connectivity index (χ0n) is 21.5. The van der Waals surface area contributed by atoms with Crippen molar-refractivity contribution in [3.63, 3.8) is 0 Å². The van der Waals surface area contributed by atoms with Crippen LogP contribution in [0.3, 0.4) is 0 Å². The molecule has 0 bridgehead atoms. The van der Waals surface area contributed by atoms with Crippen molar-refractivity contribution < 1.29 is 27.1 Å². The number of carbonyl (C=O) groups excluding carboxylic acids is 1. The predicted octanol–water partition coefficient (Wildman–Crippen LogP) is 3.30. The molecule has 5 rings (SSSR count). The highest BCUT2D eigenvalue weighted by Gasteiger charge is 2.31. The van der Waals surface area contributed by atoms with Gasteiger partial charge in [-0.1, -0.05) is 6.92 Å². The van der Waals surface area contributed by atoms with E-state index in [4.69, 9.17) is 9.47 Å². The summed E-state index contributed by atoms with van der Waals surface area (Å²) in [5.41, 5.74) is 2.19. The highest BCUT2D eigenvalue weighted by Crippen LogP contribution is 2.41. The van der Waals surface area contributed by atoms with Gasteiger partial charge in [-0.25, -0.2) is 14.1 Å². The molecule has 1 N–H and O–H groups in total. The number of ether oxygens (including phenoxy) is 2. The Hall–Kier alpha value is -3.22. The molecular weight excluding hydrogens is 513 g/mol. The first-order chi connectivity index (χ1) is 18.3. The number of halogens is 1. The summed E-state index contributed by atoms with van der Waals surface area (Å²) in [5, 5.41) is 0. The first-order valence-electron chi connectivity index (χ1n) is 12.8. The number of carbonyl (C=O) groups is 1. The summed E-state index contributed by atoms with van der Waals surface area (Å²) in [7, 11) is -2.58. The van der Waals surface area contributed by atoms with E-state index < -0.39 is 16.1 Å². The third-order valence-corrected chi connectivity index (χ3v) is 8.70. The average molecular weight is 546 g/mol. The van der Waals surface area contributed by atoms with Crippen LogP contribution in [-0.2, 0) is 14.9 Å². The van der Waals surface area contributed by atoms with Gasteiger partial charge in [0.1, 0.15) is 29.0 Å². The van der Waals surface area contributed by atoms with Crippen molar-refractivity contribution in [1.82, 2.24) is 18.4 Å². The second kappa shape index (κ2) is 10.9. The molecule has 2 aliphatic heterocycles. The summed E-state index contributed by atoms with van der Waals surface area (Å²) in [6.45, 7) is 3.92. The molecule has 0 saturated carbocycles. The summed E-state index contributed by atoms with van der Waals surface area (Å²) in [6.07, 6.45) is 6.43. The summed E-state index contributed by atoms with van der Waals surface area (Å²) < 4.78 is 55.7. The van der Waals surface area contributed by atoms with Crippen LogP contribution in [0, 0.1) is 5.82 Å². The third-order valence-electron chi connectivity index (χ3n) is 7.18. The van der Waals surface area contributed by atoms with Crippen LogP contribution in [-0.4, -0.2) is 67.5 Å². The zero-order chi connectivity index (χ0) is 26.9. The number of nitrogens with one attached hydrogen (secondary N) is 1. The van der Waals surface area contributed by atoms with Gasteiger partial charge in [0.2, 0.25) is 0 Å². The van der Waals surface area contributed by atoms with E-state index in [2.05, 4.69) is 14.6 Å². The van der Waals surface area contributed by atoms with Crippen molar-refractivity contribution in [3.05, 3.63) is 59.8 Å². The number of anilines is 1. The number of benzene rings is 1. The van der Waals surface area contributed by atoms with E-state index in [1.54, 1.807) is 35.7 Å². The minimum atomic E-state index is -3.97. The van der Waals surface area contributed by atoms with Crippen molar-refractivity contribution in [2.75, 3.05) is 38.3 Å². The second-order valence-corrected chi connectivity index (χ2v) is 11.4. The zero-order valence-corrected chi connectivity index (χ0v) is 22.3. The molecule has 10 nitrogen and oxygen atoms in total. The molecule has 38 heavy (non-hydrogen) atoms. The molecule has 2 fully saturated rings. The van der Waals surface area contributed by atoms with Gasteiger partial charge >= 0.3 is 10.2 Å². The molecule has 1 aromatic carbocycles. The number of rotatable bonds is 8. The number of amides is 1. The van der Waals surface area contributed by atoms with E-state index in [1.165, 1.54) is 19.3 Å². The Kier molecular flexibility index (Phi) is 7.55. The Morgan fingerprint density at radius 2 is 2.03 bits per heavy atom. The van der Waals surface area contributed by atoms with Crippen LogP contribution in [0.1, 0.15) is 54.7 Å². The first-order valence-corrected chi connectivity index (χ1v) is 14.3. The van der Waals surface area contributed by atoms with Gasteiger partial charge in [0.05, 0.1) is 31.1 Å². The van der Waals surface area contributed by atoms with Crippen LogP contribution in [0.5, 0.6) is 5.75 Å². The van der Waals surface area contributed by atoms with Gasteiger partial charge < -0.3 is 14.4 Å². The van der Waals surface area contributed by atoms with Gasteiger partial charge in [-0.2, -0.15) is 12.7 Å².